The Hall–Kier alpha value is -1.20. The van der Waals surface area contributed by atoms with Crippen molar-refractivity contribution in [2.45, 2.75) is 33.4 Å². The van der Waals surface area contributed by atoms with Crippen molar-refractivity contribution in [3.05, 3.63) is 33.5 Å². The number of likely N-dealkylation sites (tertiary alicyclic amines) is 1. The van der Waals surface area contributed by atoms with Gasteiger partial charge in [0.05, 0.1) is 16.7 Å². The fourth-order valence-corrected chi connectivity index (χ4v) is 3.38. The molecule has 18 heavy (non-hydrogen) atoms. The molecule has 0 spiro atoms. The minimum absolute atomic E-state index is 0.549. The molecular formula is C13H18N4S. The molecule has 5 heteroatoms. The molecule has 0 unspecified atom stereocenters. The molecule has 2 aromatic heterocycles. The fraction of sp³-hybridized carbons (Fsp3) is 0.538. The maximum absolute atomic E-state index is 4.56. The SMILES string of the molecule is Cc1cc(C)n(C2CN(Cc3cnc(C)s3)C2)n1. The van der Waals surface area contributed by atoms with E-state index in [1.54, 1.807) is 11.3 Å². The van der Waals surface area contributed by atoms with E-state index in [2.05, 4.69) is 46.5 Å². The van der Waals surface area contributed by atoms with Crippen molar-refractivity contribution in [2.75, 3.05) is 13.1 Å². The lowest BCUT2D eigenvalue weighted by Crippen LogP contribution is -2.47. The summed E-state index contributed by atoms with van der Waals surface area (Å²) in [5, 5.41) is 5.71. The molecule has 0 aliphatic carbocycles. The Morgan fingerprint density at radius 3 is 2.67 bits per heavy atom. The van der Waals surface area contributed by atoms with E-state index >= 15 is 0 Å². The van der Waals surface area contributed by atoms with Crippen molar-refractivity contribution in [3.63, 3.8) is 0 Å². The van der Waals surface area contributed by atoms with Gasteiger partial charge in [0.1, 0.15) is 0 Å². The van der Waals surface area contributed by atoms with Gasteiger partial charge in [0.15, 0.2) is 0 Å². The Morgan fingerprint density at radius 1 is 1.33 bits per heavy atom. The maximum atomic E-state index is 4.56. The van der Waals surface area contributed by atoms with Crippen molar-refractivity contribution in [1.29, 1.82) is 0 Å². The van der Waals surface area contributed by atoms with E-state index in [4.69, 9.17) is 0 Å². The van der Waals surface area contributed by atoms with E-state index in [1.165, 1.54) is 10.6 Å². The molecule has 1 saturated heterocycles. The first-order valence-electron chi connectivity index (χ1n) is 6.28. The first-order valence-corrected chi connectivity index (χ1v) is 7.10. The summed E-state index contributed by atoms with van der Waals surface area (Å²) >= 11 is 1.79. The number of aromatic nitrogens is 3. The van der Waals surface area contributed by atoms with E-state index in [9.17, 15) is 0 Å². The van der Waals surface area contributed by atoms with E-state index in [0.717, 1.165) is 30.3 Å². The van der Waals surface area contributed by atoms with Crippen LogP contribution in [0.5, 0.6) is 0 Å². The number of thiazole rings is 1. The van der Waals surface area contributed by atoms with Crippen molar-refractivity contribution >= 4 is 11.3 Å². The first kappa shape index (κ1) is 11.9. The molecule has 0 radical (unpaired) electrons. The summed E-state index contributed by atoms with van der Waals surface area (Å²) < 4.78 is 2.17. The summed E-state index contributed by atoms with van der Waals surface area (Å²) in [5.74, 6) is 0. The van der Waals surface area contributed by atoms with Gasteiger partial charge in [0, 0.05) is 36.4 Å². The van der Waals surface area contributed by atoms with Crippen molar-refractivity contribution < 1.29 is 0 Å². The number of rotatable bonds is 3. The maximum Gasteiger partial charge on any atom is 0.0897 e. The summed E-state index contributed by atoms with van der Waals surface area (Å²) in [6.07, 6.45) is 2.00. The topological polar surface area (TPSA) is 34.0 Å². The lowest BCUT2D eigenvalue weighted by Gasteiger charge is -2.39. The zero-order valence-corrected chi connectivity index (χ0v) is 11.9. The number of hydrogen-bond acceptors (Lipinski definition) is 4. The Morgan fingerprint density at radius 2 is 2.11 bits per heavy atom. The molecule has 0 amide bonds. The molecule has 0 N–H and O–H groups in total. The molecule has 96 valence electrons. The van der Waals surface area contributed by atoms with Gasteiger partial charge < -0.3 is 0 Å². The van der Waals surface area contributed by atoms with Crippen LogP contribution in [0, 0.1) is 20.8 Å². The molecule has 0 bridgehead atoms. The third-order valence-electron chi connectivity index (χ3n) is 3.38. The van der Waals surface area contributed by atoms with Gasteiger partial charge in [-0.2, -0.15) is 5.10 Å². The van der Waals surface area contributed by atoms with Crippen LogP contribution >= 0.6 is 11.3 Å². The molecule has 3 heterocycles. The summed E-state index contributed by atoms with van der Waals surface area (Å²) in [6, 6.07) is 2.70. The Balaban J connectivity index is 1.59. The average molecular weight is 262 g/mol. The minimum atomic E-state index is 0.549. The second kappa shape index (κ2) is 4.48. The van der Waals surface area contributed by atoms with Crippen LogP contribution in [0.4, 0.5) is 0 Å². The number of hydrogen-bond donors (Lipinski definition) is 0. The molecule has 3 rings (SSSR count). The number of nitrogens with zero attached hydrogens (tertiary/aromatic N) is 4. The Labute approximate surface area is 111 Å². The number of aryl methyl sites for hydroxylation is 3. The average Bonchev–Trinajstić information content (AvgIpc) is 2.78. The van der Waals surface area contributed by atoms with Crippen LogP contribution in [0.25, 0.3) is 0 Å². The predicted octanol–water partition coefficient (Wildman–Crippen LogP) is 2.32. The van der Waals surface area contributed by atoms with Gasteiger partial charge in [-0.3, -0.25) is 9.58 Å². The third kappa shape index (κ3) is 2.20. The standard InChI is InChI=1S/C13H18N4S/c1-9-4-10(2)17(15-9)12-6-16(7-12)8-13-5-14-11(3)18-13/h4-5,12H,6-8H2,1-3H3. The second-order valence-corrected chi connectivity index (χ2v) is 6.38. The molecule has 0 saturated carbocycles. The molecular weight excluding hydrogens is 244 g/mol. The van der Waals surface area contributed by atoms with Gasteiger partial charge in [-0.05, 0) is 26.8 Å². The van der Waals surface area contributed by atoms with Crippen molar-refractivity contribution in [2.24, 2.45) is 0 Å². The molecule has 0 atom stereocenters. The zero-order chi connectivity index (χ0) is 12.7. The van der Waals surface area contributed by atoms with Gasteiger partial charge in [-0.1, -0.05) is 0 Å². The third-order valence-corrected chi connectivity index (χ3v) is 4.27. The highest BCUT2D eigenvalue weighted by molar-refractivity contribution is 7.11. The fourth-order valence-electron chi connectivity index (χ4n) is 2.54. The smallest absolute Gasteiger partial charge is 0.0897 e. The molecule has 1 aliphatic heterocycles. The van der Waals surface area contributed by atoms with Gasteiger partial charge in [-0.25, -0.2) is 4.98 Å². The van der Waals surface area contributed by atoms with Gasteiger partial charge >= 0.3 is 0 Å². The van der Waals surface area contributed by atoms with Gasteiger partial charge in [-0.15, -0.1) is 11.3 Å². The molecule has 1 aliphatic rings. The van der Waals surface area contributed by atoms with Crippen LogP contribution in [0.1, 0.15) is 27.3 Å². The van der Waals surface area contributed by atoms with Gasteiger partial charge in [0.2, 0.25) is 0 Å². The van der Waals surface area contributed by atoms with Gasteiger partial charge in [0.25, 0.3) is 0 Å². The van der Waals surface area contributed by atoms with Crippen molar-refractivity contribution in [3.8, 4) is 0 Å². The summed E-state index contributed by atoms with van der Waals surface area (Å²) in [4.78, 5) is 8.11. The molecule has 1 fully saturated rings. The lowest BCUT2D eigenvalue weighted by atomic mass is 10.1. The molecule has 0 aromatic carbocycles. The van der Waals surface area contributed by atoms with Crippen LogP contribution in [0.3, 0.4) is 0 Å². The highest BCUT2D eigenvalue weighted by atomic mass is 32.1. The predicted molar refractivity (Wildman–Crippen MR) is 72.9 cm³/mol. The minimum Gasteiger partial charge on any atom is -0.294 e. The zero-order valence-electron chi connectivity index (χ0n) is 11.1. The second-order valence-electron chi connectivity index (χ2n) is 5.07. The highest BCUT2D eigenvalue weighted by Gasteiger charge is 2.29. The monoisotopic (exact) mass is 262 g/mol. The van der Waals surface area contributed by atoms with Crippen LogP contribution in [0.2, 0.25) is 0 Å². The van der Waals surface area contributed by atoms with E-state index < -0.39 is 0 Å². The Kier molecular flexibility index (Phi) is 2.95. The van der Waals surface area contributed by atoms with Crippen molar-refractivity contribution in [1.82, 2.24) is 19.7 Å². The highest BCUT2D eigenvalue weighted by Crippen LogP contribution is 2.25. The summed E-state index contributed by atoms with van der Waals surface area (Å²) in [7, 11) is 0. The Bertz CT molecular complexity index is 551. The lowest BCUT2D eigenvalue weighted by molar-refractivity contribution is 0.0904. The van der Waals surface area contributed by atoms with E-state index in [0.29, 0.717) is 6.04 Å². The summed E-state index contributed by atoms with van der Waals surface area (Å²) in [6.45, 7) is 9.47. The van der Waals surface area contributed by atoms with E-state index in [1.807, 2.05) is 6.20 Å². The van der Waals surface area contributed by atoms with Crippen LogP contribution < -0.4 is 0 Å². The van der Waals surface area contributed by atoms with Crippen LogP contribution in [-0.4, -0.2) is 32.8 Å². The largest absolute Gasteiger partial charge is 0.294 e. The quantitative estimate of drug-likeness (QED) is 0.851. The molecule has 2 aromatic rings. The first-order chi connectivity index (χ1) is 8.61. The normalized spacial score (nSPS) is 17.1. The summed E-state index contributed by atoms with van der Waals surface area (Å²) in [5.41, 5.74) is 2.38. The van der Waals surface area contributed by atoms with Crippen LogP contribution in [0.15, 0.2) is 12.3 Å². The van der Waals surface area contributed by atoms with Crippen LogP contribution in [-0.2, 0) is 6.54 Å². The molecule has 4 nitrogen and oxygen atoms in total. The van der Waals surface area contributed by atoms with E-state index in [-0.39, 0.29) is 0 Å².